The van der Waals surface area contributed by atoms with Crippen LogP contribution in [0.2, 0.25) is 0 Å². The van der Waals surface area contributed by atoms with Gasteiger partial charge in [0.2, 0.25) is 0 Å². The van der Waals surface area contributed by atoms with E-state index in [-0.39, 0.29) is 11.9 Å². The van der Waals surface area contributed by atoms with E-state index in [1.807, 2.05) is 19.1 Å². The molecule has 0 unspecified atom stereocenters. The molecular formula is C17H19BrFN3O. The first-order valence-electron chi connectivity index (χ1n) is 7.72. The second-order valence-electron chi connectivity index (χ2n) is 5.87. The van der Waals surface area contributed by atoms with E-state index in [1.54, 1.807) is 12.4 Å². The molecule has 23 heavy (non-hydrogen) atoms. The van der Waals surface area contributed by atoms with Crippen molar-refractivity contribution in [2.45, 2.75) is 32.4 Å². The molecule has 2 aromatic rings. The van der Waals surface area contributed by atoms with Crippen molar-refractivity contribution in [3.63, 3.8) is 0 Å². The van der Waals surface area contributed by atoms with Crippen molar-refractivity contribution in [1.29, 1.82) is 0 Å². The second-order valence-corrected chi connectivity index (χ2v) is 6.79. The van der Waals surface area contributed by atoms with Gasteiger partial charge in [-0.15, -0.1) is 0 Å². The molecule has 1 fully saturated rings. The van der Waals surface area contributed by atoms with Crippen LogP contribution in [0.25, 0.3) is 0 Å². The highest BCUT2D eigenvalue weighted by atomic mass is 79.9. The quantitative estimate of drug-likeness (QED) is 0.810. The van der Waals surface area contributed by atoms with E-state index in [9.17, 15) is 4.39 Å². The van der Waals surface area contributed by atoms with Gasteiger partial charge in [-0.1, -0.05) is 22.0 Å². The largest absolute Gasteiger partial charge is 0.460 e. The molecule has 0 radical (unpaired) electrons. The van der Waals surface area contributed by atoms with Crippen LogP contribution in [0.1, 0.15) is 24.0 Å². The van der Waals surface area contributed by atoms with Crippen LogP contribution >= 0.6 is 15.9 Å². The fourth-order valence-electron chi connectivity index (χ4n) is 2.67. The maximum Gasteiger partial charge on any atom is 0.316 e. The van der Waals surface area contributed by atoms with Crippen molar-refractivity contribution in [2.24, 2.45) is 0 Å². The third-order valence-electron chi connectivity index (χ3n) is 3.97. The van der Waals surface area contributed by atoms with E-state index in [0.717, 1.165) is 41.5 Å². The molecule has 1 saturated heterocycles. The van der Waals surface area contributed by atoms with Gasteiger partial charge in [-0.25, -0.2) is 14.4 Å². The Kier molecular flexibility index (Phi) is 5.23. The van der Waals surface area contributed by atoms with E-state index in [2.05, 4.69) is 30.8 Å². The average molecular weight is 380 g/mol. The second kappa shape index (κ2) is 7.36. The van der Waals surface area contributed by atoms with Crippen LogP contribution in [0.4, 0.5) is 4.39 Å². The summed E-state index contributed by atoms with van der Waals surface area (Å²) in [6, 6.07) is 5.67. The number of benzene rings is 1. The Balaban J connectivity index is 1.51. The zero-order valence-electron chi connectivity index (χ0n) is 13.0. The molecule has 0 atom stereocenters. The van der Waals surface area contributed by atoms with Crippen LogP contribution in [0, 0.1) is 12.7 Å². The first-order chi connectivity index (χ1) is 11.1. The fraction of sp³-hybridized carbons (Fsp3) is 0.412. The van der Waals surface area contributed by atoms with Crippen molar-refractivity contribution in [2.75, 3.05) is 13.1 Å². The summed E-state index contributed by atoms with van der Waals surface area (Å²) in [4.78, 5) is 10.6. The van der Waals surface area contributed by atoms with Gasteiger partial charge in [-0.05, 0) is 37.5 Å². The molecule has 0 bridgehead atoms. The molecule has 0 saturated carbocycles. The van der Waals surface area contributed by atoms with Gasteiger partial charge in [0.15, 0.2) is 0 Å². The van der Waals surface area contributed by atoms with E-state index in [0.29, 0.717) is 12.6 Å². The van der Waals surface area contributed by atoms with Crippen LogP contribution in [-0.4, -0.2) is 34.1 Å². The number of aromatic nitrogens is 2. The molecule has 1 aromatic heterocycles. The molecule has 1 aromatic carbocycles. The summed E-state index contributed by atoms with van der Waals surface area (Å²) in [6.45, 7) is 4.34. The van der Waals surface area contributed by atoms with Crippen LogP contribution in [-0.2, 0) is 6.54 Å². The smallest absolute Gasteiger partial charge is 0.316 e. The highest BCUT2D eigenvalue weighted by Crippen LogP contribution is 2.20. The third kappa shape index (κ3) is 4.48. The molecule has 2 heterocycles. The molecule has 1 aliphatic heterocycles. The number of rotatable bonds is 4. The lowest BCUT2D eigenvalue weighted by atomic mass is 10.1. The zero-order valence-corrected chi connectivity index (χ0v) is 14.6. The minimum absolute atomic E-state index is 0.128. The lowest BCUT2D eigenvalue weighted by molar-refractivity contribution is 0.0887. The van der Waals surface area contributed by atoms with Gasteiger partial charge in [0, 0.05) is 42.1 Å². The fourth-order valence-corrected chi connectivity index (χ4v) is 3.00. The standard InChI is InChI=1S/C17H19BrFN3O/c1-12-9-20-17(21-10-12)23-15-4-6-22(7-5-15)11-13-2-3-14(18)8-16(13)19/h2-3,8-10,15H,4-7,11H2,1H3. The van der Waals surface area contributed by atoms with Crippen molar-refractivity contribution in [3.8, 4) is 6.01 Å². The normalized spacial score (nSPS) is 16.5. The molecule has 4 nitrogen and oxygen atoms in total. The van der Waals surface area contributed by atoms with E-state index in [4.69, 9.17) is 4.74 Å². The summed E-state index contributed by atoms with van der Waals surface area (Å²) < 4.78 is 20.5. The number of aryl methyl sites for hydroxylation is 1. The van der Waals surface area contributed by atoms with E-state index in [1.165, 1.54) is 6.07 Å². The maximum atomic E-state index is 13.9. The highest BCUT2D eigenvalue weighted by molar-refractivity contribution is 9.10. The van der Waals surface area contributed by atoms with Gasteiger partial charge in [0.05, 0.1) is 0 Å². The Labute approximate surface area is 143 Å². The SMILES string of the molecule is Cc1cnc(OC2CCN(Cc3ccc(Br)cc3F)CC2)nc1. The van der Waals surface area contributed by atoms with Crippen LogP contribution < -0.4 is 4.74 Å². The highest BCUT2D eigenvalue weighted by Gasteiger charge is 2.22. The predicted octanol–water partition coefficient (Wildman–Crippen LogP) is 3.73. The molecule has 0 amide bonds. The van der Waals surface area contributed by atoms with Crippen molar-refractivity contribution in [1.82, 2.24) is 14.9 Å². The Morgan fingerprint density at radius 2 is 1.96 bits per heavy atom. The molecule has 0 aliphatic carbocycles. The molecule has 3 rings (SSSR count). The Morgan fingerprint density at radius 1 is 1.26 bits per heavy atom. The van der Waals surface area contributed by atoms with Crippen molar-refractivity contribution in [3.05, 3.63) is 52.0 Å². The molecule has 0 N–H and O–H groups in total. The Morgan fingerprint density at radius 3 is 2.61 bits per heavy atom. The predicted molar refractivity (Wildman–Crippen MR) is 89.8 cm³/mol. The lowest BCUT2D eigenvalue weighted by Crippen LogP contribution is -2.38. The summed E-state index contributed by atoms with van der Waals surface area (Å²) in [7, 11) is 0. The number of hydrogen-bond donors (Lipinski definition) is 0. The lowest BCUT2D eigenvalue weighted by Gasteiger charge is -2.31. The van der Waals surface area contributed by atoms with Gasteiger partial charge in [-0.3, -0.25) is 4.90 Å². The number of hydrogen-bond acceptors (Lipinski definition) is 4. The molecule has 0 spiro atoms. The summed E-state index contributed by atoms with van der Waals surface area (Å²) in [5.74, 6) is -0.161. The van der Waals surface area contributed by atoms with Crippen molar-refractivity contribution < 1.29 is 9.13 Å². The Hall–Kier alpha value is -1.53. The monoisotopic (exact) mass is 379 g/mol. The first-order valence-corrected chi connectivity index (χ1v) is 8.51. The minimum atomic E-state index is -0.161. The van der Waals surface area contributed by atoms with Crippen LogP contribution in [0.15, 0.2) is 35.1 Å². The zero-order chi connectivity index (χ0) is 16.2. The van der Waals surface area contributed by atoms with Crippen LogP contribution in [0.3, 0.4) is 0 Å². The number of halogens is 2. The van der Waals surface area contributed by atoms with Gasteiger partial charge in [0.25, 0.3) is 0 Å². The molecule has 1 aliphatic rings. The van der Waals surface area contributed by atoms with E-state index >= 15 is 0 Å². The maximum absolute atomic E-state index is 13.9. The van der Waals surface area contributed by atoms with Gasteiger partial charge in [0.1, 0.15) is 11.9 Å². The molecule has 6 heteroatoms. The van der Waals surface area contributed by atoms with Crippen molar-refractivity contribution >= 4 is 15.9 Å². The molecule has 122 valence electrons. The Bertz CT molecular complexity index is 657. The summed E-state index contributed by atoms with van der Waals surface area (Å²) in [6.07, 6.45) is 5.44. The third-order valence-corrected chi connectivity index (χ3v) is 4.47. The number of piperidine rings is 1. The summed E-state index contributed by atoms with van der Waals surface area (Å²) >= 11 is 3.28. The summed E-state index contributed by atoms with van der Waals surface area (Å²) in [5, 5.41) is 0. The van der Waals surface area contributed by atoms with Gasteiger partial charge < -0.3 is 4.74 Å². The van der Waals surface area contributed by atoms with Gasteiger partial charge in [-0.2, -0.15) is 0 Å². The molecular weight excluding hydrogens is 361 g/mol. The average Bonchev–Trinajstić information content (AvgIpc) is 2.54. The van der Waals surface area contributed by atoms with E-state index < -0.39 is 0 Å². The van der Waals surface area contributed by atoms with Crippen LogP contribution in [0.5, 0.6) is 6.01 Å². The van der Waals surface area contributed by atoms with Gasteiger partial charge >= 0.3 is 6.01 Å². The minimum Gasteiger partial charge on any atom is -0.460 e. The summed E-state index contributed by atoms with van der Waals surface area (Å²) in [5.41, 5.74) is 1.75. The first kappa shape index (κ1) is 16.3. The number of likely N-dealkylation sites (tertiary alicyclic amines) is 1. The number of ether oxygens (including phenoxy) is 1. The number of nitrogens with zero attached hydrogens (tertiary/aromatic N) is 3. The topological polar surface area (TPSA) is 38.2 Å².